The van der Waals surface area contributed by atoms with E-state index < -0.39 is 0 Å². The lowest BCUT2D eigenvalue weighted by atomic mass is 10.0. The SMILES string of the molecule is c1ccc(-c2nc(-c3cccc(-n4c5cc6ccccc6cc5c5ccc6ccccc6c54)c3)nc(-c3ccc4sc5ccccc5c4c3)n2)cc1. The fourth-order valence-electron chi connectivity index (χ4n) is 7.73. The van der Waals surface area contributed by atoms with Gasteiger partial charge in [-0.05, 0) is 64.7 Å². The van der Waals surface area contributed by atoms with E-state index in [1.54, 1.807) is 0 Å². The summed E-state index contributed by atoms with van der Waals surface area (Å²) in [5.74, 6) is 1.94. The molecule has 242 valence electrons. The second-order valence-corrected chi connectivity index (χ2v) is 14.4. The van der Waals surface area contributed by atoms with Crippen LogP contribution in [0.25, 0.3) is 103 Å². The molecule has 0 amide bonds. The zero-order chi connectivity index (χ0) is 34.2. The molecule has 4 nitrogen and oxygen atoms in total. The molecule has 8 aromatic carbocycles. The summed E-state index contributed by atoms with van der Waals surface area (Å²) in [4.78, 5) is 15.4. The van der Waals surface area contributed by atoms with Crippen molar-refractivity contribution in [2.75, 3.05) is 0 Å². The molecule has 0 spiro atoms. The van der Waals surface area contributed by atoms with Gasteiger partial charge >= 0.3 is 0 Å². The van der Waals surface area contributed by atoms with Crippen molar-refractivity contribution in [1.29, 1.82) is 0 Å². The van der Waals surface area contributed by atoms with Crippen molar-refractivity contribution in [3.8, 4) is 39.9 Å². The van der Waals surface area contributed by atoms with Gasteiger partial charge in [0.2, 0.25) is 0 Å². The number of fused-ring (bicyclic) bond motifs is 9. The van der Waals surface area contributed by atoms with Gasteiger partial charge in [0.1, 0.15) is 0 Å². The minimum Gasteiger partial charge on any atom is -0.309 e. The standard InChI is InChI=1S/C47H28N4S/c1-2-12-30(13-3-1)45-48-46(50-47(49-45)34-22-24-43-40(27-34)37-19-8-9-20-42(37)52-43)33-16-10-17-35(25-33)51-41-28-32-15-5-4-14-31(32)26-39(41)38-23-21-29-11-6-7-18-36(29)44(38)51/h1-28H. The number of benzene rings is 8. The van der Waals surface area contributed by atoms with Gasteiger partial charge in [-0.25, -0.2) is 15.0 Å². The van der Waals surface area contributed by atoms with E-state index in [9.17, 15) is 0 Å². The molecule has 11 aromatic rings. The number of rotatable bonds is 4. The summed E-state index contributed by atoms with van der Waals surface area (Å²) in [5, 5.41) is 9.81. The normalized spacial score (nSPS) is 11.8. The first kappa shape index (κ1) is 29.1. The third kappa shape index (κ3) is 4.57. The van der Waals surface area contributed by atoms with Crippen molar-refractivity contribution in [2.45, 2.75) is 0 Å². The van der Waals surface area contributed by atoms with Crippen LogP contribution < -0.4 is 0 Å². The second kappa shape index (κ2) is 11.4. The highest BCUT2D eigenvalue weighted by Crippen LogP contribution is 2.40. The first-order valence-electron chi connectivity index (χ1n) is 17.4. The summed E-state index contributed by atoms with van der Waals surface area (Å²) in [5.41, 5.74) is 6.26. The Balaban J connectivity index is 1.15. The molecule has 11 rings (SSSR count). The molecule has 0 unspecified atom stereocenters. The predicted octanol–water partition coefficient (Wildman–Crippen LogP) is 12.6. The molecule has 52 heavy (non-hydrogen) atoms. The molecular weight excluding hydrogens is 653 g/mol. The number of thiophene rings is 1. The van der Waals surface area contributed by atoms with Crippen LogP contribution in [0.3, 0.4) is 0 Å². The molecule has 0 atom stereocenters. The van der Waals surface area contributed by atoms with E-state index in [0.29, 0.717) is 17.5 Å². The Morgan fingerprint density at radius 3 is 1.83 bits per heavy atom. The summed E-state index contributed by atoms with van der Waals surface area (Å²) in [7, 11) is 0. The van der Waals surface area contributed by atoms with E-state index in [-0.39, 0.29) is 0 Å². The molecule has 0 aliphatic heterocycles. The summed E-state index contributed by atoms with van der Waals surface area (Å²) in [6.45, 7) is 0. The van der Waals surface area contributed by atoms with Crippen molar-refractivity contribution in [3.05, 3.63) is 170 Å². The maximum Gasteiger partial charge on any atom is 0.164 e. The highest BCUT2D eigenvalue weighted by atomic mass is 32.1. The number of hydrogen-bond donors (Lipinski definition) is 0. The Labute approximate surface area is 302 Å². The molecule has 0 bridgehead atoms. The number of aromatic nitrogens is 4. The lowest BCUT2D eigenvalue weighted by Gasteiger charge is -2.13. The highest BCUT2D eigenvalue weighted by Gasteiger charge is 2.18. The smallest absolute Gasteiger partial charge is 0.164 e. The zero-order valence-corrected chi connectivity index (χ0v) is 28.7. The Morgan fingerprint density at radius 2 is 1.00 bits per heavy atom. The largest absolute Gasteiger partial charge is 0.309 e. The van der Waals surface area contributed by atoms with Crippen LogP contribution in [0.5, 0.6) is 0 Å². The average Bonchev–Trinajstić information content (AvgIpc) is 3.75. The van der Waals surface area contributed by atoms with Crippen LogP contribution in [0.2, 0.25) is 0 Å². The summed E-state index contributed by atoms with van der Waals surface area (Å²) < 4.78 is 4.94. The van der Waals surface area contributed by atoms with Crippen LogP contribution in [0.1, 0.15) is 0 Å². The Bertz CT molecular complexity index is 3190. The summed E-state index contributed by atoms with van der Waals surface area (Å²) in [6, 6.07) is 60.4. The van der Waals surface area contributed by atoms with Gasteiger partial charge in [-0.2, -0.15) is 0 Å². The van der Waals surface area contributed by atoms with Crippen molar-refractivity contribution >= 4 is 74.9 Å². The second-order valence-electron chi connectivity index (χ2n) is 13.3. The molecule has 0 fully saturated rings. The van der Waals surface area contributed by atoms with E-state index >= 15 is 0 Å². The molecule has 0 aliphatic rings. The van der Waals surface area contributed by atoms with E-state index in [0.717, 1.165) is 22.4 Å². The van der Waals surface area contributed by atoms with Crippen molar-refractivity contribution in [2.24, 2.45) is 0 Å². The van der Waals surface area contributed by atoms with Gasteiger partial charge in [0.05, 0.1) is 11.0 Å². The lowest BCUT2D eigenvalue weighted by Crippen LogP contribution is -2.01. The van der Waals surface area contributed by atoms with Gasteiger partial charge in [-0.15, -0.1) is 11.3 Å². The highest BCUT2D eigenvalue weighted by molar-refractivity contribution is 7.25. The quantitative estimate of drug-likeness (QED) is 0.186. The first-order valence-corrected chi connectivity index (χ1v) is 18.3. The van der Waals surface area contributed by atoms with Crippen molar-refractivity contribution < 1.29 is 0 Å². The molecule has 3 heterocycles. The molecular formula is C47H28N4S. The zero-order valence-electron chi connectivity index (χ0n) is 27.9. The van der Waals surface area contributed by atoms with E-state index in [1.165, 1.54) is 63.5 Å². The Morgan fingerprint density at radius 1 is 0.365 bits per heavy atom. The monoisotopic (exact) mass is 680 g/mol. The van der Waals surface area contributed by atoms with Gasteiger partial charge in [-0.1, -0.05) is 121 Å². The van der Waals surface area contributed by atoms with E-state index in [1.807, 2.05) is 29.5 Å². The van der Waals surface area contributed by atoms with Crippen LogP contribution in [-0.2, 0) is 0 Å². The van der Waals surface area contributed by atoms with Gasteiger partial charge in [0, 0.05) is 58.7 Å². The van der Waals surface area contributed by atoms with Gasteiger partial charge < -0.3 is 4.57 Å². The van der Waals surface area contributed by atoms with Crippen LogP contribution in [-0.4, -0.2) is 19.5 Å². The first-order chi connectivity index (χ1) is 25.7. The van der Waals surface area contributed by atoms with Crippen LogP contribution in [0.4, 0.5) is 0 Å². The van der Waals surface area contributed by atoms with Gasteiger partial charge in [-0.3, -0.25) is 0 Å². The summed E-state index contributed by atoms with van der Waals surface area (Å²) in [6.07, 6.45) is 0. The van der Waals surface area contributed by atoms with E-state index in [2.05, 4.69) is 156 Å². The van der Waals surface area contributed by atoms with E-state index in [4.69, 9.17) is 15.0 Å². The molecule has 0 saturated carbocycles. The van der Waals surface area contributed by atoms with Gasteiger partial charge in [0.15, 0.2) is 17.5 Å². The molecule has 0 aliphatic carbocycles. The molecule has 5 heteroatoms. The fourth-order valence-corrected chi connectivity index (χ4v) is 8.82. The molecule has 0 saturated heterocycles. The minimum absolute atomic E-state index is 0.636. The molecule has 0 radical (unpaired) electrons. The molecule has 0 N–H and O–H groups in total. The van der Waals surface area contributed by atoms with Gasteiger partial charge in [0.25, 0.3) is 0 Å². The maximum atomic E-state index is 5.18. The van der Waals surface area contributed by atoms with Crippen molar-refractivity contribution in [1.82, 2.24) is 19.5 Å². The lowest BCUT2D eigenvalue weighted by molar-refractivity contribution is 1.07. The molecule has 3 aromatic heterocycles. The third-order valence-corrected chi connectivity index (χ3v) is 11.3. The van der Waals surface area contributed by atoms with Crippen LogP contribution >= 0.6 is 11.3 Å². The van der Waals surface area contributed by atoms with Crippen LogP contribution in [0, 0.1) is 0 Å². The predicted molar refractivity (Wildman–Crippen MR) is 218 cm³/mol. The number of nitrogens with zero attached hydrogens (tertiary/aromatic N) is 4. The third-order valence-electron chi connectivity index (χ3n) is 10.2. The topological polar surface area (TPSA) is 43.6 Å². The van der Waals surface area contributed by atoms with Crippen molar-refractivity contribution in [3.63, 3.8) is 0 Å². The average molecular weight is 681 g/mol. The fraction of sp³-hybridized carbons (Fsp3) is 0. The number of hydrogen-bond acceptors (Lipinski definition) is 4. The maximum absolute atomic E-state index is 5.18. The minimum atomic E-state index is 0.636. The summed E-state index contributed by atoms with van der Waals surface area (Å²) >= 11 is 1.81. The Hall–Kier alpha value is -6.69. The Kier molecular flexibility index (Phi) is 6.39. The van der Waals surface area contributed by atoms with Crippen LogP contribution in [0.15, 0.2) is 170 Å².